The lowest BCUT2D eigenvalue weighted by Crippen LogP contribution is -1.90. The minimum atomic E-state index is -0.0586. The van der Waals surface area contributed by atoms with Crippen LogP contribution < -0.4 is 5.73 Å². The third kappa shape index (κ3) is 4.58. The molecule has 5 heteroatoms. The van der Waals surface area contributed by atoms with Crippen molar-refractivity contribution in [3.8, 4) is 0 Å². The molecule has 2 N–H and O–H groups in total. The SMILES string of the molecule is C/C(Cl)=N\C(Cl)=C(/N)Cl. The second kappa shape index (κ2) is 3.99. The van der Waals surface area contributed by atoms with Crippen LogP contribution in [0, 0.1) is 0 Å². The van der Waals surface area contributed by atoms with Gasteiger partial charge in [-0.15, -0.1) is 0 Å². The molecule has 0 unspecified atom stereocenters. The summed E-state index contributed by atoms with van der Waals surface area (Å²) < 4.78 is 0. The number of aliphatic imine (C=N–C) groups is 1. The lowest BCUT2D eigenvalue weighted by molar-refractivity contribution is 1.40. The summed E-state index contributed by atoms with van der Waals surface area (Å²) in [6, 6.07) is 0. The lowest BCUT2D eigenvalue weighted by atomic mass is 10.8. The van der Waals surface area contributed by atoms with Crippen molar-refractivity contribution in [2.45, 2.75) is 6.92 Å². The van der Waals surface area contributed by atoms with Gasteiger partial charge >= 0.3 is 0 Å². The van der Waals surface area contributed by atoms with E-state index in [2.05, 4.69) is 4.99 Å². The molecule has 0 aliphatic rings. The van der Waals surface area contributed by atoms with E-state index in [-0.39, 0.29) is 10.3 Å². The molecule has 9 heavy (non-hydrogen) atoms. The highest BCUT2D eigenvalue weighted by Crippen LogP contribution is 2.10. The number of hydrogen-bond donors (Lipinski definition) is 1. The molecule has 0 aliphatic heterocycles. The van der Waals surface area contributed by atoms with Gasteiger partial charge < -0.3 is 5.73 Å². The first-order valence-corrected chi connectivity index (χ1v) is 3.19. The van der Waals surface area contributed by atoms with Gasteiger partial charge in [0.2, 0.25) is 0 Å². The van der Waals surface area contributed by atoms with E-state index in [4.69, 9.17) is 40.5 Å². The predicted octanol–water partition coefficient (Wildman–Crippen LogP) is 2.21. The number of rotatable bonds is 1. The molecule has 0 rings (SSSR count). The van der Waals surface area contributed by atoms with Crippen molar-refractivity contribution in [1.29, 1.82) is 0 Å². The summed E-state index contributed by atoms with van der Waals surface area (Å²) in [6.45, 7) is 1.57. The molecule has 0 saturated heterocycles. The van der Waals surface area contributed by atoms with Gasteiger partial charge in [-0.1, -0.05) is 34.8 Å². The first-order chi connectivity index (χ1) is 4.04. The van der Waals surface area contributed by atoms with Gasteiger partial charge in [-0.25, -0.2) is 4.99 Å². The second-order valence-electron chi connectivity index (χ2n) is 1.25. The lowest BCUT2D eigenvalue weighted by Gasteiger charge is -1.89. The van der Waals surface area contributed by atoms with Gasteiger partial charge in [0.15, 0.2) is 5.16 Å². The molecule has 0 heterocycles. The molecule has 0 aromatic heterocycles. The van der Waals surface area contributed by atoms with Crippen molar-refractivity contribution in [1.82, 2.24) is 0 Å². The normalized spacial score (nSPS) is 15.3. The molecule has 0 fully saturated rings. The van der Waals surface area contributed by atoms with Crippen LogP contribution in [0.25, 0.3) is 0 Å². The average molecular weight is 187 g/mol. The van der Waals surface area contributed by atoms with E-state index in [0.717, 1.165) is 0 Å². The highest BCUT2D eigenvalue weighted by atomic mass is 35.5. The molecule has 2 nitrogen and oxygen atoms in total. The van der Waals surface area contributed by atoms with Crippen molar-refractivity contribution in [3.05, 3.63) is 10.3 Å². The van der Waals surface area contributed by atoms with E-state index in [9.17, 15) is 0 Å². The van der Waals surface area contributed by atoms with Crippen molar-refractivity contribution in [3.63, 3.8) is 0 Å². The summed E-state index contributed by atoms with van der Waals surface area (Å²) in [6.07, 6.45) is 0. The number of nitrogens with zero attached hydrogens (tertiary/aromatic N) is 1. The Kier molecular flexibility index (Phi) is 4.02. The fourth-order valence-electron chi connectivity index (χ4n) is 0.189. The summed E-state index contributed by atoms with van der Waals surface area (Å²) in [4.78, 5) is 3.55. The quantitative estimate of drug-likeness (QED) is 0.496. The molecule has 0 aromatic rings. The fraction of sp³-hybridized carbons (Fsp3) is 0.250. The zero-order valence-corrected chi connectivity index (χ0v) is 6.93. The van der Waals surface area contributed by atoms with E-state index >= 15 is 0 Å². The Labute approximate surface area is 68.3 Å². The highest BCUT2D eigenvalue weighted by molar-refractivity contribution is 6.65. The molecular formula is C4H5Cl3N2. The molecule has 0 aliphatic carbocycles. The average Bonchev–Trinajstić information content (AvgIpc) is 1.63. The maximum atomic E-state index is 5.36. The topological polar surface area (TPSA) is 38.4 Å². The molecule has 52 valence electrons. The molecule has 0 spiro atoms. The van der Waals surface area contributed by atoms with Crippen LogP contribution in [0.5, 0.6) is 0 Å². The van der Waals surface area contributed by atoms with E-state index < -0.39 is 0 Å². The van der Waals surface area contributed by atoms with E-state index in [1.807, 2.05) is 0 Å². The fourth-order valence-corrected chi connectivity index (χ4v) is 0.485. The molecule has 0 saturated carbocycles. The first kappa shape index (κ1) is 9.08. The van der Waals surface area contributed by atoms with Crippen LogP contribution in [0.2, 0.25) is 0 Å². The zero-order valence-electron chi connectivity index (χ0n) is 4.66. The Morgan fingerprint density at radius 2 is 1.78 bits per heavy atom. The third-order valence-electron chi connectivity index (χ3n) is 0.449. The minimum Gasteiger partial charge on any atom is -0.387 e. The van der Waals surface area contributed by atoms with Crippen LogP contribution in [0.1, 0.15) is 6.92 Å². The summed E-state index contributed by atoms with van der Waals surface area (Å²) in [5.74, 6) is 0. The highest BCUT2D eigenvalue weighted by Gasteiger charge is 1.92. The Morgan fingerprint density at radius 1 is 1.33 bits per heavy atom. The predicted molar refractivity (Wildman–Crippen MR) is 41.9 cm³/mol. The van der Waals surface area contributed by atoms with Crippen molar-refractivity contribution in [2.75, 3.05) is 0 Å². The van der Waals surface area contributed by atoms with Crippen LogP contribution in [0.15, 0.2) is 15.3 Å². The van der Waals surface area contributed by atoms with Gasteiger partial charge in [-0.05, 0) is 6.92 Å². The first-order valence-electron chi connectivity index (χ1n) is 2.05. The van der Waals surface area contributed by atoms with Gasteiger partial charge in [-0.2, -0.15) is 0 Å². The van der Waals surface area contributed by atoms with Gasteiger partial charge in [0.05, 0.1) is 0 Å². The Bertz CT molecular complexity index is 153. The number of halogens is 3. The minimum absolute atomic E-state index is 0.0177. The summed E-state index contributed by atoms with van der Waals surface area (Å²) in [5, 5.41) is 0.254. The maximum absolute atomic E-state index is 5.36. The molecular weight excluding hydrogens is 182 g/mol. The third-order valence-corrected chi connectivity index (χ3v) is 1.10. The maximum Gasteiger partial charge on any atom is 0.164 e. The Hall–Kier alpha value is 0.0800. The van der Waals surface area contributed by atoms with Crippen LogP contribution in [0.3, 0.4) is 0 Å². The van der Waals surface area contributed by atoms with E-state index in [1.54, 1.807) is 6.92 Å². The Balaban J connectivity index is 4.25. The van der Waals surface area contributed by atoms with E-state index in [0.29, 0.717) is 5.17 Å². The largest absolute Gasteiger partial charge is 0.387 e. The molecule has 0 amide bonds. The monoisotopic (exact) mass is 186 g/mol. The number of nitrogens with two attached hydrogens (primary N) is 1. The van der Waals surface area contributed by atoms with Crippen molar-refractivity contribution < 1.29 is 0 Å². The zero-order chi connectivity index (χ0) is 7.44. The Morgan fingerprint density at radius 3 is 1.89 bits per heavy atom. The molecule has 0 atom stereocenters. The van der Waals surface area contributed by atoms with Gasteiger partial charge in [0, 0.05) is 0 Å². The van der Waals surface area contributed by atoms with Crippen LogP contribution >= 0.6 is 34.8 Å². The standard InChI is InChI=1S/C4H5Cl3N2/c1-2(5)9-4(7)3(6)8/h8H2,1H3/b4-3-,9-2+. The van der Waals surface area contributed by atoms with Gasteiger partial charge in [0.1, 0.15) is 10.3 Å². The molecule has 0 radical (unpaired) electrons. The second-order valence-corrected chi connectivity index (χ2v) is 2.56. The van der Waals surface area contributed by atoms with E-state index in [1.165, 1.54) is 0 Å². The molecule has 0 bridgehead atoms. The van der Waals surface area contributed by atoms with Crippen molar-refractivity contribution in [2.24, 2.45) is 10.7 Å². The summed E-state index contributed by atoms with van der Waals surface area (Å²) in [5.41, 5.74) is 5.03. The summed E-state index contributed by atoms with van der Waals surface area (Å²) in [7, 11) is 0. The summed E-state index contributed by atoms with van der Waals surface area (Å²) >= 11 is 15.9. The van der Waals surface area contributed by atoms with Crippen LogP contribution in [-0.2, 0) is 0 Å². The van der Waals surface area contributed by atoms with Crippen LogP contribution in [0.4, 0.5) is 0 Å². The molecule has 0 aromatic carbocycles. The van der Waals surface area contributed by atoms with Gasteiger partial charge in [-0.3, -0.25) is 0 Å². The number of hydrogen-bond acceptors (Lipinski definition) is 2. The van der Waals surface area contributed by atoms with Crippen molar-refractivity contribution >= 4 is 40.0 Å². The smallest absolute Gasteiger partial charge is 0.164 e. The van der Waals surface area contributed by atoms with Gasteiger partial charge in [0.25, 0.3) is 0 Å². The van der Waals surface area contributed by atoms with Crippen LogP contribution in [-0.4, -0.2) is 5.17 Å².